The highest BCUT2D eigenvalue weighted by atomic mass is 16.5. The maximum Gasteiger partial charge on any atom is 0.118 e. The van der Waals surface area contributed by atoms with Crippen molar-refractivity contribution in [2.45, 2.75) is 25.3 Å². The average molecular weight is 425 g/mol. The van der Waals surface area contributed by atoms with Crippen molar-refractivity contribution >= 4 is 11.4 Å². The molecule has 0 fully saturated rings. The Balaban J connectivity index is 1.50. The van der Waals surface area contributed by atoms with E-state index in [0.717, 1.165) is 36.4 Å². The van der Waals surface area contributed by atoms with E-state index in [1.165, 1.54) is 22.4 Å². The lowest BCUT2D eigenvalue weighted by Gasteiger charge is -2.30. The number of anilines is 1. The molecule has 4 nitrogen and oxygen atoms in total. The normalized spacial score (nSPS) is 19.8. The zero-order valence-electron chi connectivity index (χ0n) is 18.6. The van der Waals surface area contributed by atoms with Gasteiger partial charge in [-0.15, -0.1) is 0 Å². The van der Waals surface area contributed by atoms with Gasteiger partial charge in [-0.1, -0.05) is 48.5 Å². The second-order valence-corrected chi connectivity index (χ2v) is 8.32. The summed E-state index contributed by atoms with van der Waals surface area (Å²) in [5, 5.41) is 7.44. The van der Waals surface area contributed by atoms with E-state index in [1.807, 2.05) is 24.3 Å². The van der Waals surface area contributed by atoms with Crippen molar-refractivity contribution in [2.75, 3.05) is 19.2 Å². The van der Waals surface area contributed by atoms with Crippen LogP contribution in [0.2, 0.25) is 0 Å². The molecule has 2 aliphatic rings. The highest BCUT2D eigenvalue weighted by Gasteiger charge is 2.41. The van der Waals surface area contributed by atoms with Crippen molar-refractivity contribution in [2.24, 2.45) is 11.0 Å². The topological polar surface area (TPSA) is 34.1 Å². The molecule has 0 unspecified atom stereocenters. The van der Waals surface area contributed by atoms with Crippen molar-refractivity contribution in [1.82, 2.24) is 0 Å². The van der Waals surface area contributed by atoms with E-state index >= 15 is 0 Å². The number of hydrogen-bond acceptors (Lipinski definition) is 4. The van der Waals surface area contributed by atoms with E-state index in [-0.39, 0.29) is 6.04 Å². The molecule has 1 heterocycles. The molecule has 3 aromatic rings. The molecule has 162 valence electrons. The predicted molar refractivity (Wildman–Crippen MR) is 130 cm³/mol. The number of hydrogen-bond donors (Lipinski definition) is 0. The molecule has 3 aromatic carbocycles. The number of rotatable bonds is 6. The number of allylic oxidation sites excluding steroid dienone is 2. The number of para-hydroxylation sites is 1. The molecule has 5 rings (SSSR count). The van der Waals surface area contributed by atoms with Crippen LogP contribution in [0, 0.1) is 5.92 Å². The van der Waals surface area contributed by atoms with E-state index in [4.69, 9.17) is 14.6 Å². The van der Waals surface area contributed by atoms with E-state index in [2.05, 4.69) is 65.7 Å². The standard InChI is InChI=1S/C28H28N2O2/c1-31-24-15-11-20(12-16-24)19-22-7-6-10-26-27(22)29-30(23-8-4-3-5-9-23)28(26)21-13-17-25(32-2)18-14-21/h3-5,7-9,11-18,26,28H,6,10,19H2,1-2H3/t26-,28-/m1/s1. The number of hydrazone groups is 1. The summed E-state index contributed by atoms with van der Waals surface area (Å²) in [4.78, 5) is 0. The Morgan fingerprint density at radius 2 is 1.50 bits per heavy atom. The molecule has 1 aliphatic carbocycles. The van der Waals surface area contributed by atoms with Gasteiger partial charge < -0.3 is 9.47 Å². The Labute approximate surface area is 189 Å². The van der Waals surface area contributed by atoms with Gasteiger partial charge in [0.25, 0.3) is 0 Å². The number of benzene rings is 3. The predicted octanol–water partition coefficient (Wildman–Crippen LogP) is 6.20. The third-order valence-electron chi connectivity index (χ3n) is 6.44. The quantitative estimate of drug-likeness (QED) is 0.472. The molecule has 0 saturated carbocycles. The first-order valence-corrected chi connectivity index (χ1v) is 11.2. The first-order valence-electron chi connectivity index (χ1n) is 11.2. The van der Waals surface area contributed by atoms with Crippen LogP contribution in [0.1, 0.15) is 30.0 Å². The largest absolute Gasteiger partial charge is 0.497 e. The fourth-order valence-corrected chi connectivity index (χ4v) is 4.81. The van der Waals surface area contributed by atoms with Crippen LogP contribution < -0.4 is 14.5 Å². The SMILES string of the molecule is COc1ccc(CC2=CCC[C@@H]3C2=NN(c2ccccc2)[C@@H]3c2ccc(OC)cc2)cc1. The van der Waals surface area contributed by atoms with Crippen molar-refractivity contribution in [3.63, 3.8) is 0 Å². The number of fused-ring (bicyclic) bond motifs is 1. The monoisotopic (exact) mass is 424 g/mol. The summed E-state index contributed by atoms with van der Waals surface area (Å²) in [7, 11) is 3.41. The van der Waals surface area contributed by atoms with Crippen molar-refractivity contribution in [1.29, 1.82) is 0 Å². The van der Waals surface area contributed by atoms with Crippen LogP contribution in [0.4, 0.5) is 5.69 Å². The third kappa shape index (κ3) is 3.89. The highest BCUT2D eigenvalue weighted by molar-refractivity contribution is 6.05. The summed E-state index contributed by atoms with van der Waals surface area (Å²) in [6, 6.07) is 27.5. The molecular formula is C28H28N2O2. The van der Waals surface area contributed by atoms with Gasteiger partial charge in [0.1, 0.15) is 11.5 Å². The van der Waals surface area contributed by atoms with Crippen molar-refractivity contribution in [3.05, 3.63) is 102 Å². The summed E-state index contributed by atoms with van der Waals surface area (Å²) >= 11 is 0. The fourth-order valence-electron chi connectivity index (χ4n) is 4.81. The summed E-state index contributed by atoms with van der Waals surface area (Å²) in [6.07, 6.45) is 5.44. The smallest absolute Gasteiger partial charge is 0.118 e. The Hall–Kier alpha value is -3.53. The lowest BCUT2D eigenvalue weighted by molar-refractivity contribution is 0.414. The minimum atomic E-state index is 0.179. The Morgan fingerprint density at radius 3 is 2.16 bits per heavy atom. The molecule has 0 spiro atoms. The molecular weight excluding hydrogens is 396 g/mol. The van der Waals surface area contributed by atoms with E-state index in [1.54, 1.807) is 14.2 Å². The fraction of sp³-hybridized carbons (Fsp3) is 0.250. The van der Waals surface area contributed by atoms with Gasteiger partial charge in [-0.2, -0.15) is 5.10 Å². The van der Waals surface area contributed by atoms with Crippen LogP contribution >= 0.6 is 0 Å². The second kappa shape index (κ2) is 8.91. The summed E-state index contributed by atoms with van der Waals surface area (Å²) in [5.74, 6) is 2.13. The number of nitrogens with zero attached hydrogens (tertiary/aromatic N) is 2. The van der Waals surface area contributed by atoms with Gasteiger partial charge in [0, 0.05) is 5.92 Å². The minimum absolute atomic E-state index is 0.179. The molecule has 0 radical (unpaired) electrons. The maximum absolute atomic E-state index is 5.39. The third-order valence-corrected chi connectivity index (χ3v) is 6.44. The maximum atomic E-state index is 5.39. The van der Waals surface area contributed by atoms with E-state index < -0.39 is 0 Å². The highest BCUT2D eigenvalue weighted by Crippen LogP contribution is 2.45. The molecule has 4 heteroatoms. The molecule has 1 aliphatic heterocycles. The molecule has 0 bridgehead atoms. The van der Waals surface area contributed by atoms with Crippen LogP contribution in [-0.4, -0.2) is 19.9 Å². The van der Waals surface area contributed by atoms with Crippen molar-refractivity contribution in [3.8, 4) is 11.5 Å². The summed E-state index contributed by atoms with van der Waals surface area (Å²) < 4.78 is 10.7. The zero-order chi connectivity index (χ0) is 21.9. The lowest BCUT2D eigenvalue weighted by Crippen LogP contribution is -2.27. The van der Waals surface area contributed by atoms with E-state index in [0.29, 0.717) is 5.92 Å². The van der Waals surface area contributed by atoms with Gasteiger partial charge in [-0.25, -0.2) is 0 Å². The van der Waals surface area contributed by atoms with Gasteiger partial charge in [0.15, 0.2) is 0 Å². The van der Waals surface area contributed by atoms with Crippen LogP contribution in [0.3, 0.4) is 0 Å². The summed E-state index contributed by atoms with van der Waals surface area (Å²) in [5.41, 5.74) is 6.22. The van der Waals surface area contributed by atoms with Gasteiger partial charge in [-0.3, -0.25) is 5.01 Å². The van der Waals surface area contributed by atoms with Gasteiger partial charge >= 0.3 is 0 Å². The number of methoxy groups -OCH3 is 2. The Bertz CT molecular complexity index is 1120. The zero-order valence-corrected chi connectivity index (χ0v) is 18.6. The van der Waals surface area contributed by atoms with Crippen LogP contribution in [-0.2, 0) is 6.42 Å². The molecule has 2 atom stereocenters. The molecule has 0 saturated heterocycles. The van der Waals surface area contributed by atoms with Gasteiger partial charge in [-0.05, 0) is 72.4 Å². The first-order chi connectivity index (χ1) is 15.8. The van der Waals surface area contributed by atoms with Crippen LogP contribution in [0.15, 0.2) is 95.6 Å². The summed E-state index contributed by atoms with van der Waals surface area (Å²) in [6.45, 7) is 0. The Kier molecular flexibility index (Phi) is 5.68. The van der Waals surface area contributed by atoms with E-state index in [9.17, 15) is 0 Å². The molecule has 32 heavy (non-hydrogen) atoms. The Morgan fingerprint density at radius 1 is 0.844 bits per heavy atom. The molecule has 0 amide bonds. The first kappa shape index (κ1) is 20.4. The number of ether oxygens (including phenoxy) is 2. The minimum Gasteiger partial charge on any atom is -0.497 e. The van der Waals surface area contributed by atoms with Crippen LogP contribution in [0.5, 0.6) is 11.5 Å². The van der Waals surface area contributed by atoms with Crippen LogP contribution in [0.25, 0.3) is 0 Å². The van der Waals surface area contributed by atoms with Gasteiger partial charge in [0.05, 0.1) is 31.7 Å². The van der Waals surface area contributed by atoms with Crippen molar-refractivity contribution < 1.29 is 9.47 Å². The van der Waals surface area contributed by atoms with Gasteiger partial charge in [0.2, 0.25) is 0 Å². The molecule has 0 N–H and O–H groups in total. The lowest BCUT2D eigenvalue weighted by atomic mass is 9.78. The second-order valence-electron chi connectivity index (χ2n) is 8.32. The average Bonchev–Trinajstić information content (AvgIpc) is 3.26. The molecule has 0 aromatic heterocycles.